The van der Waals surface area contributed by atoms with Crippen molar-refractivity contribution >= 4 is 8.56 Å². The van der Waals surface area contributed by atoms with Gasteiger partial charge in [0.1, 0.15) is 0 Å². The lowest BCUT2D eigenvalue weighted by Gasteiger charge is -2.31. The van der Waals surface area contributed by atoms with Gasteiger partial charge in [0.25, 0.3) is 0 Å². The Morgan fingerprint density at radius 3 is 2.12 bits per heavy atom. The van der Waals surface area contributed by atoms with Gasteiger partial charge in [-0.3, -0.25) is 0 Å². The van der Waals surface area contributed by atoms with Crippen molar-refractivity contribution in [1.82, 2.24) is 0 Å². The van der Waals surface area contributed by atoms with Gasteiger partial charge in [-0.1, -0.05) is 19.3 Å². The molecule has 16 heavy (non-hydrogen) atoms. The zero-order valence-electron chi connectivity index (χ0n) is 11.1. The van der Waals surface area contributed by atoms with Crippen molar-refractivity contribution in [1.29, 1.82) is 0 Å². The molecule has 0 aliphatic heterocycles. The minimum Gasteiger partial charge on any atom is -0.394 e. The zero-order chi connectivity index (χ0) is 11.6. The molecule has 0 aromatic rings. The summed E-state index contributed by atoms with van der Waals surface area (Å²) in [5.74, 6) is 0. The fraction of sp³-hybridized carbons (Fsp3) is 1.00. The largest absolute Gasteiger partial charge is 0.394 e. The second-order valence-corrected chi connectivity index (χ2v) is 8.87. The van der Waals surface area contributed by atoms with E-state index in [0.717, 1.165) is 18.8 Å². The molecular weight excluding hydrogens is 216 g/mol. The Bertz CT molecular complexity index is 230. The molecule has 0 radical (unpaired) electrons. The molecule has 2 fully saturated rings. The van der Waals surface area contributed by atoms with E-state index in [1.54, 1.807) is 0 Å². The second kappa shape index (κ2) is 4.79. The van der Waals surface area contributed by atoms with Crippen LogP contribution >= 0.6 is 0 Å². The molecular formula is C13H26O2Si. The highest BCUT2D eigenvalue weighted by atomic mass is 28.4. The first-order valence-corrected chi connectivity index (χ1v) is 9.34. The van der Waals surface area contributed by atoms with Crippen molar-refractivity contribution < 1.29 is 8.85 Å². The van der Waals surface area contributed by atoms with Crippen molar-refractivity contribution in [2.75, 3.05) is 13.2 Å². The summed E-state index contributed by atoms with van der Waals surface area (Å²) < 4.78 is 12.1. The lowest BCUT2D eigenvalue weighted by atomic mass is 9.86. The molecule has 2 saturated carbocycles. The molecule has 0 amide bonds. The van der Waals surface area contributed by atoms with Crippen molar-refractivity contribution in [3.63, 3.8) is 0 Å². The second-order valence-electron chi connectivity index (χ2n) is 5.56. The van der Waals surface area contributed by atoms with Crippen molar-refractivity contribution in [3.8, 4) is 0 Å². The molecule has 0 aromatic carbocycles. The maximum Gasteiger partial charge on any atom is 0.338 e. The first-order chi connectivity index (χ1) is 7.67. The van der Waals surface area contributed by atoms with Gasteiger partial charge in [-0.05, 0) is 45.1 Å². The van der Waals surface area contributed by atoms with Gasteiger partial charge in [0.2, 0.25) is 0 Å². The predicted molar refractivity (Wildman–Crippen MR) is 68.8 cm³/mol. The quantitative estimate of drug-likeness (QED) is 0.682. The Morgan fingerprint density at radius 2 is 1.62 bits per heavy atom. The molecule has 1 atom stereocenters. The molecule has 3 heteroatoms. The van der Waals surface area contributed by atoms with Crippen molar-refractivity contribution in [2.45, 2.75) is 64.5 Å². The van der Waals surface area contributed by atoms with E-state index < -0.39 is 8.56 Å². The Hall–Kier alpha value is 0.137. The van der Waals surface area contributed by atoms with Gasteiger partial charge in [0.05, 0.1) is 0 Å². The molecule has 94 valence electrons. The van der Waals surface area contributed by atoms with Crippen molar-refractivity contribution in [3.05, 3.63) is 0 Å². The van der Waals surface area contributed by atoms with Gasteiger partial charge >= 0.3 is 8.56 Å². The molecule has 0 bridgehead atoms. The smallest absolute Gasteiger partial charge is 0.338 e. The Labute approximate surface area is 101 Å². The molecule has 2 nitrogen and oxygen atoms in total. The van der Waals surface area contributed by atoms with E-state index in [1.165, 1.54) is 38.5 Å². The SMILES string of the molecule is CCO[Si](C)(OCC)C1CC12CCCCC2. The molecule has 0 saturated heterocycles. The number of hydrogen-bond donors (Lipinski definition) is 0. The van der Waals surface area contributed by atoms with E-state index in [-0.39, 0.29) is 0 Å². The first-order valence-electron chi connectivity index (χ1n) is 6.95. The van der Waals surface area contributed by atoms with E-state index in [1.807, 2.05) is 0 Å². The standard InChI is InChI=1S/C13H26O2Si/c1-4-14-16(3,15-5-2)12-11-13(12)9-7-6-8-10-13/h12H,4-11H2,1-3H3. The molecule has 2 aliphatic carbocycles. The highest BCUT2D eigenvalue weighted by molar-refractivity contribution is 6.68. The van der Waals surface area contributed by atoms with Gasteiger partial charge < -0.3 is 8.85 Å². The summed E-state index contributed by atoms with van der Waals surface area (Å²) in [6.07, 6.45) is 8.55. The molecule has 0 N–H and O–H groups in total. The first kappa shape index (κ1) is 12.6. The van der Waals surface area contributed by atoms with Crippen molar-refractivity contribution in [2.24, 2.45) is 5.41 Å². The summed E-state index contributed by atoms with van der Waals surface area (Å²) >= 11 is 0. The summed E-state index contributed by atoms with van der Waals surface area (Å²) in [7, 11) is -1.88. The van der Waals surface area contributed by atoms with E-state index in [0.29, 0.717) is 5.41 Å². The number of rotatable bonds is 5. The van der Waals surface area contributed by atoms with Gasteiger partial charge in [-0.25, -0.2) is 0 Å². The lowest BCUT2D eigenvalue weighted by Crippen LogP contribution is -2.41. The monoisotopic (exact) mass is 242 g/mol. The fourth-order valence-electron chi connectivity index (χ4n) is 3.71. The van der Waals surface area contributed by atoms with E-state index in [9.17, 15) is 0 Å². The third-order valence-electron chi connectivity index (χ3n) is 4.53. The summed E-state index contributed by atoms with van der Waals surface area (Å²) in [5.41, 5.74) is 1.42. The van der Waals surface area contributed by atoms with Gasteiger partial charge in [0.15, 0.2) is 0 Å². The third kappa shape index (κ3) is 2.22. The molecule has 1 spiro atoms. The van der Waals surface area contributed by atoms with Crippen LogP contribution in [0.3, 0.4) is 0 Å². The van der Waals surface area contributed by atoms with Crippen LogP contribution in [0.2, 0.25) is 12.1 Å². The van der Waals surface area contributed by atoms with E-state index in [2.05, 4.69) is 20.4 Å². The van der Waals surface area contributed by atoms with E-state index >= 15 is 0 Å². The highest BCUT2D eigenvalue weighted by Crippen LogP contribution is 2.69. The average molecular weight is 242 g/mol. The van der Waals surface area contributed by atoms with Crippen LogP contribution in [0.1, 0.15) is 52.4 Å². The van der Waals surface area contributed by atoms with Crippen LogP contribution in [0.25, 0.3) is 0 Å². The molecule has 1 unspecified atom stereocenters. The van der Waals surface area contributed by atoms with Crippen LogP contribution in [0.15, 0.2) is 0 Å². The summed E-state index contributed by atoms with van der Waals surface area (Å²) in [5, 5.41) is 0. The topological polar surface area (TPSA) is 18.5 Å². The maximum absolute atomic E-state index is 6.04. The van der Waals surface area contributed by atoms with Crippen LogP contribution in [0, 0.1) is 5.41 Å². The minimum atomic E-state index is -1.88. The highest BCUT2D eigenvalue weighted by Gasteiger charge is 2.64. The molecule has 0 aromatic heterocycles. The summed E-state index contributed by atoms with van der Waals surface area (Å²) in [6.45, 7) is 8.11. The van der Waals surface area contributed by atoms with Crippen LogP contribution in [0.4, 0.5) is 0 Å². The van der Waals surface area contributed by atoms with Crippen LogP contribution in [-0.4, -0.2) is 21.8 Å². The predicted octanol–water partition coefficient (Wildman–Crippen LogP) is 3.86. The maximum atomic E-state index is 6.04. The van der Waals surface area contributed by atoms with Crippen LogP contribution in [-0.2, 0) is 8.85 Å². The number of hydrogen-bond acceptors (Lipinski definition) is 2. The summed E-state index contributed by atoms with van der Waals surface area (Å²) in [6, 6.07) is 0. The summed E-state index contributed by atoms with van der Waals surface area (Å²) in [4.78, 5) is 0. The Kier molecular flexibility index (Phi) is 3.77. The molecule has 0 heterocycles. The van der Waals surface area contributed by atoms with E-state index in [4.69, 9.17) is 8.85 Å². The lowest BCUT2D eigenvalue weighted by molar-refractivity contribution is 0.179. The third-order valence-corrected chi connectivity index (χ3v) is 8.34. The molecule has 2 aliphatic rings. The van der Waals surface area contributed by atoms with Crippen LogP contribution < -0.4 is 0 Å². The Morgan fingerprint density at radius 1 is 1.06 bits per heavy atom. The van der Waals surface area contributed by atoms with Gasteiger partial charge in [-0.2, -0.15) is 0 Å². The molecule has 2 rings (SSSR count). The van der Waals surface area contributed by atoms with Crippen LogP contribution in [0.5, 0.6) is 0 Å². The van der Waals surface area contributed by atoms with Gasteiger partial charge in [0, 0.05) is 18.8 Å². The minimum absolute atomic E-state index is 0.642. The van der Waals surface area contributed by atoms with Gasteiger partial charge in [-0.15, -0.1) is 0 Å². The zero-order valence-corrected chi connectivity index (χ0v) is 12.1. The average Bonchev–Trinajstić information content (AvgIpc) is 2.95. The normalized spacial score (nSPS) is 28.3. The Balaban J connectivity index is 2.00. The fourth-order valence-corrected chi connectivity index (χ4v) is 7.52.